The van der Waals surface area contributed by atoms with Crippen molar-refractivity contribution in [1.29, 1.82) is 0 Å². The molecule has 1 rings (SSSR count). The summed E-state index contributed by atoms with van der Waals surface area (Å²) in [6, 6.07) is 0. The zero-order valence-electron chi connectivity index (χ0n) is 6.18. The Hall–Kier alpha value is -0.650. The van der Waals surface area contributed by atoms with E-state index in [4.69, 9.17) is 4.42 Å². The molecule has 1 aromatic rings. The highest BCUT2D eigenvalue weighted by atomic mass is 32.2. The summed E-state index contributed by atoms with van der Waals surface area (Å²) in [4.78, 5) is 3.71. The van der Waals surface area contributed by atoms with E-state index in [0.717, 1.165) is 0 Å². The highest BCUT2D eigenvalue weighted by Gasteiger charge is 2.28. The second kappa shape index (κ2) is 3.38. The van der Waals surface area contributed by atoms with Crippen molar-refractivity contribution in [2.24, 2.45) is 0 Å². The van der Waals surface area contributed by atoms with Crippen LogP contribution in [0.15, 0.2) is 15.9 Å². The average molecular weight is 197 g/mol. The number of aromatic nitrogens is 1. The molecule has 0 aliphatic rings. The second-order valence-corrected chi connectivity index (χ2v) is 3.09. The van der Waals surface area contributed by atoms with Gasteiger partial charge in [-0.3, -0.25) is 0 Å². The van der Waals surface area contributed by atoms with E-state index < -0.39 is 11.9 Å². The van der Waals surface area contributed by atoms with E-state index in [-0.39, 0.29) is 5.22 Å². The van der Waals surface area contributed by atoms with Gasteiger partial charge < -0.3 is 4.42 Å². The lowest BCUT2D eigenvalue weighted by Crippen LogP contribution is -2.10. The first-order valence-electron chi connectivity index (χ1n) is 3.09. The maximum Gasteiger partial charge on any atom is 0.398 e. The smallest absolute Gasteiger partial charge is 0.398 e. The van der Waals surface area contributed by atoms with Gasteiger partial charge >= 0.3 is 6.18 Å². The minimum atomic E-state index is -4.17. The van der Waals surface area contributed by atoms with Crippen molar-refractivity contribution in [3.8, 4) is 0 Å². The maximum atomic E-state index is 11.7. The first-order valence-corrected chi connectivity index (χ1v) is 4.07. The summed E-state index contributed by atoms with van der Waals surface area (Å²) < 4.78 is 39.7. The molecule has 0 bridgehead atoms. The van der Waals surface area contributed by atoms with Crippen molar-refractivity contribution < 1.29 is 17.6 Å². The number of oxazole rings is 1. The monoisotopic (exact) mass is 197 g/mol. The van der Waals surface area contributed by atoms with Gasteiger partial charge in [-0.1, -0.05) is 11.8 Å². The molecule has 0 saturated carbocycles. The van der Waals surface area contributed by atoms with Gasteiger partial charge in [0.1, 0.15) is 6.26 Å². The van der Waals surface area contributed by atoms with Gasteiger partial charge in [-0.2, -0.15) is 13.2 Å². The lowest BCUT2D eigenvalue weighted by Gasteiger charge is -2.01. The molecule has 12 heavy (non-hydrogen) atoms. The van der Waals surface area contributed by atoms with Crippen LogP contribution >= 0.6 is 11.8 Å². The first-order chi connectivity index (χ1) is 5.47. The first kappa shape index (κ1) is 9.44. The van der Waals surface area contributed by atoms with E-state index in [1.54, 1.807) is 6.92 Å². The molecule has 0 spiro atoms. The molecule has 0 N–H and O–H groups in total. The van der Waals surface area contributed by atoms with Gasteiger partial charge in [0.05, 0.1) is 11.4 Å². The summed E-state index contributed by atoms with van der Waals surface area (Å²) in [6.45, 7) is 1.65. The number of aryl methyl sites for hydroxylation is 1. The number of alkyl halides is 3. The van der Waals surface area contributed by atoms with Crippen LogP contribution in [0.1, 0.15) is 5.69 Å². The largest absolute Gasteiger partial charge is 0.440 e. The van der Waals surface area contributed by atoms with E-state index in [1.165, 1.54) is 6.26 Å². The van der Waals surface area contributed by atoms with Crippen molar-refractivity contribution in [2.45, 2.75) is 18.3 Å². The highest BCUT2D eigenvalue weighted by Crippen LogP contribution is 2.26. The van der Waals surface area contributed by atoms with Gasteiger partial charge in [0.25, 0.3) is 5.22 Å². The number of halogens is 3. The molecule has 1 heterocycles. The van der Waals surface area contributed by atoms with Crippen LogP contribution in [0.5, 0.6) is 0 Å². The van der Waals surface area contributed by atoms with Crippen molar-refractivity contribution in [3.63, 3.8) is 0 Å². The second-order valence-electron chi connectivity index (χ2n) is 2.16. The number of hydrogen-bond donors (Lipinski definition) is 0. The summed E-state index contributed by atoms with van der Waals surface area (Å²) >= 11 is 0.545. The Morgan fingerprint density at radius 2 is 2.25 bits per heavy atom. The fraction of sp³-hybridized carbons (Fsp3) is 0.500. The molecular formula is C6H6F3NOS. The molecule has 0 amide bonds. The maximum absolute atomic E-state index is 11.7. The van der Waals surface area contributed by atoms with Crippen LogP contribution in [0.2, 0.25) is 0 Å². The van der Waals surface area contributed by atoms with E-state index >= 15 is 0 Å². The molecule has 0 fully saturated rings. The summed E-state index contributed by atoms with van der Waals surface area (Å²) in [5.74, 6) is -0.965. The minimum Gasteiger partial charge on any atom is -0.440 e. The van der Waals surface area contributed by atoms with Crippen LogP contribution in [0.4, 0.5) is 13.2 Å². The molecule has 0 unspecified atom stereocenters. The number of rotatable bonds is 2. The lowest BCUT2D eigenvalue weighted by molar-refractivity contribution is -0.105. The summed E-state index contributed by atoms with van der Waals surface area (Å²) in [6.07, 6.45) is -2.86. The third-order valence-electron chi connectivity index (χ3n) is 0.957. The van der Waals surface area contributed by atoms with Gasteiger partial charge in [0, 0.05) is 0 Å². The van der Waals surface area contributed by atoms with Crippen molar-refractivity contribution in [3.05, 3.63) is 12.0 Å². The Morgan fingerprint density at radius 1 is 1.58 bits per heavy atom. The zero-order chi connectivity index (χ0) is 9.19. The van der Waals surface area contributed by atoms with Crippen LogP contribution in [0, 0.1) is 6.92 Å². The third-order valence-corrected chi connectivity index (χ3v) is 1.86. The molecule has 1 aromatic heterocycles. The summed E-state index contributed by atoms with van der Waals surface area (Å²) in [5.41, 5.74) is 0.583. The predicted molar refractivity (Wildman–Crippen MR) is 38.0 cm³/mol. The Morgan fingerprint density at radius 3 is 2.67 bits per heavy atom. The highest BCUT2D eigenvalue weighted by molar-refractivity contribution is 7.99. The standard InChI is InChI=1S/C6H6F3NOS/c1-4-2-11-5(10-4)12-3-6(7,8)9/h2H,3H2,1H3. The van der Waals surface area contributed by atoms with Crippen LogP contribution in [0.3, 0.4) is 0 Å². The van der Waals surface area contributed by atoms with Crippen LogP contribution in [-0.4, -0.2) is 16.9 Å². The average Bonchev–Trinajstić information content (AvgIpc) is 2.30. The Labute approximate surface area is 71.2 Å². The van der Waals surface area contributed by atoms with Crippen molar-refractivity contribution in [1.82, 2.24) is 4.98 Å². The SMILES string of the molecule is Cc1coc(SCC(F)(F)F)n1. The molecule has 0 atom stereocenters. The van der Waals surface area contributed by atoms with E-state index in [1.807, 2.05) is 0 Å². The van der Waals surface area contributed by atoms with Gasteiger partial charge in [0.15, 0.2) is 0 Å². The van der Waals surface area contributed by atoms with Gasteiger partial charge in [-0.15, -0.1) is 0 Å². The van der Waals surface area contributed by atoms with Crippen molar-refractivity contribution in [2.75, 3.05) is 5.75 Å². The summed E-state index contributed by atoms with van der Waals surface area (Å²) in [7, 11) is 0. The fourth-order valence-electron chi connectivity index (χ4n) is 0.542. The molecule has 0 saturated heterocycles. The normalized spacial score (nSPS) is 12.0. The molecule has 68 valence electrons. The molecular weight excluding hydrogens is 191 g/mol. The zero-order valence-corrected chi connectivity index (χ0v) is 7.00. The van der Waals surface area contributed by atoms with Gasteiger partial charge in [-0.05, 0) is 6.92 Å². The van der Waals surface area contributed by atoms with Crippen LogP contribution in [0.25, 0.3) is 0 Å². The van der Waals surface area contributed by atoms with E-state index in [2.05, 4.69) is 4.98 Å². The van der Waals surface area contributed by atoms with Crippen LogP contribution in [-0.2, 0) is 0 Å². The molecule has 0 aromatic carbocycles. The van der Waals surface area contributed by atoms with E-state index in [9.17, 15) is 13.2 Å². The van der Waals surface area contributed by atoms with Gasteiger partial charge in [-0.25, -0.2) is 4.98 Å². The number of thioether (sulfide) groups is 1. The summed E-state index contributed by atoms with van der Waals surface area (Å²) in [5, 5.41) is 0.0600. The minimum absolute atomic E-state index is 0.0600. The van der Waals surface area contributed by atoms with Gasteiger partial charge in [0.2, 0.25) is 0 Å². The van der Waals surface area contributed by atoms with Crippen LogP contribution < -0.4 is 0 Å². The molecule has 0 aliphatic heterocycles. The quantitative estimate of drug-likeness (QED) is 0.681. The van der Waals surface area contributed by atoms with Crippen molar-refractivity contribution >= 4 is 11.8 Å². The molecule has 0 aliphatic carbocycles. The lowest BCUT2D eigenvalue weighted by atomic mass is 10.6. The fourth-order valence-corrected chi connectivity index (χ4v) is 1.15. The Kier molecular flexibility index (Phi) is 2.66. The number of hydrogen-bond acceptors (Lipinski definition) is 3. The molecule has 0 radical (unpaired) electrons. The van der Waals surface area contributed by atoms with E-state index in [0.29, 0.717) is 17.5 Å². The molecule has 2 nitrogen and oxygen atoms in total. The predicted octanol–water partition coefficient (Wildman–Crippen LogP) is 2.64. The Bertz CT molecular complexity index is 258. The Balaban J connectivity index is 2.44. The molecule has 6 heteroatoms. The third kappa shape index (κ3) is 3.17. The topological polar surface area (TPSA) is 26.0 Å². The number of nitrogens with zero attached hydrogens (tertiary/aromatic N) is 1.